The number of unbranched alkanes of at least 4 members (excludes halogenated alkanes) is 7. The summed E-state index contributed by atoms with van der Waals surface area (Å²) in [6.45, 7) is 4.56. The summed E-state index contributed by atoms with van der Waals surface area (Å²) in [7, 11) is 0. The van der Waals surface area contributed by atoms with Gasteiger partial charge < -0.3 is 4.74 Å². The molecule has 0 aromatic carbocycles. The van der Waals surface area contributed by atoms with Crippen LogP contribution in [0.3, 0.4) is 0 Å². The molecule has 0 spiro atoms. The Bertz CT molecular complexity index is 1090. The van der Waals surface area contributed by atoms with Crippen LogP contribution in [0.15, 0.2) is 11.4 Å². The number of fused-ring (bicyclic) bond motifs is 5. The number of carbonyl (C=O) groups excluding carboxylic acids is 1. The van der Waals surface area contributed by atoms with E-state index in [0.29, 0.717) is 6.61 Å². The van der Waals surface area contributed by atoms with Crippen molar-refractivity contribution in [2.24, 2.45) is 0 Å². The normalized spacial score (nSPS) is 11.9. The van der Waals surface area contributed by atoms with Crippen LogP contribution in [0.1, 0.15) is 80.4 Å². The lowest BCUT2D eigenvalue weighted by molar-refractivity contribution is 0.0532. The van der Waals surface area contributed by atoms with Gasteiger partial charge in [-0.05, 0) is 36.8 Å². The molecule has 4 aromatic rings. The highest BCUT2D eigenvalue weighted by Crippen LogP contribution is 2.50. The predicted molar refractivity (Wildman–Crippen MR) is 133 cm³/mol. The van der Waals surface area contributed by atoms with Gasteiger partial charge in [-0.1, -0.05) is 51.9 Å². The highest BCUT2D eigenvalue weighted by atomic mass is 32.1. The van der Waals surface area contributed by atoms with E-state index >= 15 is 0 Å². The van der Waals surface area contributed by atoms with Crippen molar-refractivity contribution in [3.05, 3.63) is 21.9 Å². The molecule has 0 atom stereocenters. The van der Waals surface area contributed by atoms with Gasteiger partial charge in [-0.15, -0.1) is 45.3 Å². The molecule has 29 heavy (non-hydrogen) atoms. The Balaban J connectivity index is 1.43. The van der Waals surface area contributed by atoms with Crippen LogP contribution in [0.4, 0.5) is 0 Å². The molecule has 0 saturated heterocycles. The van der Waals surface area contributed by atoms with E-state index in [4.69, 9.17) is 4.74 Å². The van der Waals surface area contributed by atoms with Crippen LogP contribution in [0.5, 0.6) is 0 Å². The quantitative estimate of drug-likeness (QED) is 0.163. The SMILES string of the molecule is CCCCCCCCCCc1csc2c1sc1c3sc(C(=O)OCC)cc3sc21. The number of hydrogen-bond acceptors (Lipinski definition) is 6. The van der Waals surface area contributed by atoms with Gasteiger partial charge >= 0.3 is 5.97 Å². The van der Waals surface area contributed by atoms with Crippen molar-refractivity contribution in [3.8, 4) is 0 Å². The fourth-order valence-electron chi connectivity index (χ4n) is 3.79. The van der Waals surface area contributed by atoms with Crippen LogP contribution in [0.2, 0.25) is 0 Å². The van der Waals surface area contributed by atoms with Crippen molar-refractivity contribution in [2.75, 3.05) is 6.61 Å². The average molecular weight is 465 g/mol. The standard InChI is InChI=1S/C23H28O2S4/c1-3-5-6-7-8-9-10-11-12-15-14-26-20-18(15)29-21-19-16(27-22(20)21)13-17(28-19)23(24)25-4-2/h13-14H,3-12H2,1-2H3. The molecule has 0 radical (unpaired) electrons. The molecule has 0 bridgehead atoms. The number of aryl methyl sites for hydroxylation is 1. The van der Waals surface area contributed by atoms with Crippen LogP contribution in [-0.4, -0.2) is 12.6 Å². The second-order valence-electron chi connectivity index (χ2n) is 7.53. The van der Waals surface area contributed by atoms with Crippen LogP contribution in [0, 0.1) is 0 Å². The lowest BCUT2D eigenvalue weighted by atomic mass is 10.1. The van der Waals surface area contributed by atoms with Crippen LogP contribution < -0.4 is 0 Å². The van der Waals surface area contributed by atoms with Gasteiger partial charge in [0, 0.05) is 4.70 Å². The first-order chi connectivity index (χ1) is 14.2. The molecule has 0 N–H and O–H groups in total. The van der Waals surface area contributed by atoms with Gasteiger partial charge in [-0.25, -0.2) is 4.79 Å². The monoisotopic (exact) mass is 464 g/mol. The first kappa shape index (κ1) is 21.3. The molecule has 2 nitrogen and oxygen atoms in total. The number of carbonyl (C=O) groups is 1. The molecule has 4 rings (SSSR count). The van der Waals surface area contributed by atoms with Gasteiger partial charge in [0.15, 0.2) is 0 Å². The largest absolute Gasteiger partial charge is 0.462 e. The lowest BCUT2D eigenvalue weighted by Crippen LogP contribution is -2.01. The molecule has 6 heteroatoms. The smallest absolute Gasteiger partial charge is 0.348 e. The second kappa shape index (κ2) is 9.90. The Morgan fingerprint density at radius 2 is 1.55 bits per heavy atom. The Morgan fingerprint density at radius 1 is 0.828 bits per heavy atom. The third kappa shape index (κ3) is 4.55. The zero-order valence-electron chi connectivity index (χ0n) is 17.2. The van der Waals surface area contributed by atoms with Crippen LogP contribution >= 0.6 is 45.3 Å². The van der Waals surface area contributed by atoms with Gasteiger partial charge in [-0.2, -0.15) is 0 Å². The van der Waals surface area contributed by atoms with E-state index in [-0.39, 0.29) is 5.97 Å². The summed E-state index contributed by atoms with van der Waals surface area (Å²) in [6.07, 6.45) is 12.1. The van der Waals surface area contributed by atoms with E-state index in [1.54, 1.807) is 11.3 Å². The molecule has 156 valence electrons. The van der Waals surface area contributed by atoms with Gasteiger partial charge in [0.1, 0.15) is 4.88 Å². The molecule has 0 fully saturated rings. The minimum absolute atomic E-state index is 0.192. The molecule has 4 heterocycles. The van der Waals surface area contributed by atoms with Crippen molar-refractivity contribution in [1.29, 1.82) is 0 Å². The van der Waals surface area contributed by atoms with Gasteiger partial charge in [-0.3, -0.25) is 0 Å². The fourth-order valence-corrected chi connectivity index (χ4v) is 9.39. The fraction of sp³-hybridized carbons (Fsp3) is 0.522. The Labute approximate surface area is 188 Å². The molecule has 0 aliphatic carbocycles. The van der Waals surface area contributed by atoms with Crippen molar-refractivity contribution in [3.63, 3.8) is 0 Å². The number of thiophene rings is 4. The predicted octanol–water partition coefficient (Wildman–Crippen LogP) is 9.25. The van der Waals surface area contributed by atoms with E-state index in [2.05, 4.69) is 12.3 Å². The van der Waals surface area contributed by atoms with E-state index in [0.717, 1.165) is 4.88 Å². The highest BCUT2D eigenvalue weighted by molar-refractivity contribution is 7.44. The Hall–Kier alpha value is -0.950. The number of rotatable bonds is 11. The minimum Gasteiger partial charge on any atom is -0.462 e. The maximum absolute atomic E-state index is 12.1. The van der Waals surface area contributed by atoms with Crippen molar-refractivity contribution >= 4 is 79.5 Å². The lowest BCUT2D eigenvalue weighted by Gasteiger charge is -2.01. The average Bonchev–Trinajstić information content (AvgIpc) is 3.43. The molecule has 0 unspecified atom stereocenters. The molecule has 0 saturated carbocycles. The van der Waals surface area contributed by atoms with Gasteiger partial charge in [0.25, 0.3) is 0 Å². The van der Waals surface area contributed by atoms with Crippen molar-refractivity contribution in [2.45, 2.75) is 71.6 Å². The first-order valence-electron chi connectivity index (χ1n) is 10.7. The Morgan fingerprint density at radius 3 is 2.31 bits per heavy atom. The molecule has 0 aliphatic heterocycles. The molecular formula is C23H28O2S4. The van der Waals surface area contributed by atoms with Gasteiger partial charge in [0.2, 0.25) is 0 Å². The summed E-state index contributed by atoms with van der Waals surface area (Å²) < 4.78 is 13.4. The third-order valence-electron chi connectivity index (χ3n) is 5.33. The topological polar surface area (TPSA) is 26.3 Å². The molecule has 0 aliphatic rings. The number of esters is 1. The van der Waals surface area contributed by atoms with E-state index in [1.807, 2.05) is 47.0 Å². The molecule has 4 aromatic heterocycles. The molecule has 0 amide bonds. The minimum atomic E-state index is -0.192. The Kier molecular flexibility index (Phi) is 7.27. The van der Waals surface area contributed by atoms with Crippen LogP contribution in [0.25, 0.3) is 28.2 Å². The first-order valence-corrected chi connectivity index (χ1v) is 14.1. The zero-order chi connectivity index (χ0) is 20.2. The maximum atomic E-state index is 12.1. The summed E-state index contributed by atoms with van der Waals surface area (Å²) in [6, 6.07) is 2.01. The number of ether oxygens (including phenoxy) is 1. The second-order valence-corrected chi connectivity index (χ2v) is 11.5. The van der Waals surface area contributed by atoms with E-state index < -0.39 is 0 Å². The summed E-state index contributed by atoms with van der Waals surface area (Å²) in [4.78, 5) is 12.8. The third-order valence-corrected chi connectivity index (χ3v) is 10.6. The van der Waals surface area contributed by atoms with E-state index in [1.165, 1.54) is 91.6 Å². The van der Waals surface area contributed by atoms with Crippen LogP contribution in [-0.2, 0) is 11.2 Å². The summed E-state index contributed by atoms with van der Waals surface area (Å²) in [5, 5.41) is 2.37. The zero-order valence-corrected chi connectivity index (χ0v) is 20.4. The molecular weight excluding hydrogens is 437 g/mol. The highest BCUT2D eigenvalue weighted by Gasteiger charge is 2.20. The summed E-state index contributed by atoms with van der Waals surface area (Å²) >= 11 is 7.25. The van der Waals surface area contributed by atoms with Crippen molar-refractivity contribution in [1.82, 2.24) is 0 Å². The van der Waals surface area contributed by atoms with E-state index in [9.17, 15) is 4.79 Å². The summed E-state index contributed by atoms with van der Waals surface area (Å²) in [5.74, 6) is -0.192. The number of hydrogen-bond donors (Lipinski definition) is 0. The maximum Gasteiger partial charge on any atom is 0.348 e. The van der Waals surface area contributed by atoms with Crippen molar-refractivity contribution < 1.29 is 9.53 Å². The van der Waals surface area contributed by atoms with Gasteiger partial charge in [0.05, 0.1) is 30.1 Å². The summed E-state index contributed by atoms with van der Waals surface area (Å²) in [5.41, 5.74) is 1.53.